The van der Waals surface area contributed by atoms with Gasteiger partial charge in [0.2, 0.25) is 0 Å². The van der Waals surface area contributed by atoms with E-state index in [4.69, 9.17) is 9.47 Å². The Morgan fingerprint density at radius 1 is 0.933 bits per heavy atom. The Balaban J connectivity index is 0.000000172. The third kappa shape index (κ3) is 4.00. The number of carbonyl (C=O) groups excluding carboxylic acids is 3. The predicted molar refractivity (Wildman–Crippen MR) is 102 cm³/mol. The molecule has 2 unspecified atom stereocenters. The Morgan fingerprint density at radius 3 is 2.03 bits per heavy atom. The lowest BCUT2D eigenvalue weighted by Crippen LogP contribution is -2.26. The van der Waals surface area contributed by atoms with E-state index in [1.807, 2.05) is 0 Å². The number of phenols is 2. The molecule has 2 aromatic carbocycles. The number of ether oxygens (including phenoxy) is 4. The van der Waals surface area contributed by atoms with Gasteiger partial charge in [0, 0.05) is 24.0 Å². The molecule has 0 radical (unpaired) electrons. The lowest BCUT2D eigenvalue weighted by atomic mass is 10.1. The minimum atomic E-state index is -0.743. The Labute approximate surface area is 171 Å². The number of aromatic hydroxyl groups is 2. The minimum absolute atomic E-state index is 0.126. The van der Waals surface area contributed by atoms with Crippen LogP contribution in [0.25, 0.3) is 0 Å². The summed E-state index contributed by atoms with van der Waals surface area (Å²) in [5, 5.41) is 19.2. The summed E-state index contributed by atoms with van der Waals surface area (Å²) in [6.07, 6.45) is -0.221. The maximum absolute atomic E-state index is 11.2. The first-order chi connectivity index (χ1) is 14.4. The smallest absolute Gasteiger partial charge is 0.347 e. The van der Waals surface area contributed by atoms with Crippen molar-refractivity contribution in [1.82, 2.24) is 0 Å². The van der Waals surface area contributed by atoms with Gasteiger partial charge in [0.05, 0.1) is 19.8 Å². The third-order valence-electron chi connectivity index (χ3n) is 4.75. The molecule has 0 saturated carbocycles. The van der Waals surface area contributed by atoms with Crippen molar-refractivity contribution in [3.63, 3.8) is 0 Å². The fraction of sp³-hybridized carbons (Fsp3) is 0.286. The van der Waals surface area contributed by atoms with E-state index in [2.05, 4.69) is 9.47 Å². The van der Waals surface area contributed by atoms with Crippen LogP contribution in [0.3, 0.4) is 0 Å². The van der Waals surface area contributed by atoms with Gasteiger partial charge < -0.3 is 29.2 Å². The Kier molecular flexibility index (Phi) is 6.10. The van der Waals surface area contributed by atoms with Gasteiger partial charge in [-0.3, -0.25) is 4.79 Å². The van der Waals surface area contributed by atoms with E-state index in [1.165, 1.54) is 20.3 Å². The summed E-state index contributed by atoms with van der Waals surface area (Å²) in [6, 6.07) is 7.97. The molecule has 158 valence electrons. The Bertz CT molecular complexity index is 983. The van der Waals surface area contributed by atoms with Crippen molar-refractivity contribution < 1.29 is 43.5 Å². The fourth-order valence-corrected chi connectivity index (χ4v) is 3.19. The van der Waals surface area contributed by atoms with Crippen LogP contribution in [0.2, 0.25) is 0 Å². The van der Waals surface area contributed by atoms with E-state index in [0.717, 1.165) is 0 Å². The molecule has 2 heterocycles. The van der Waals surface area contributed by atoms with Crippen LogP contribution >= 0.6 is 0 Å². The van der Waals surface area contributed by atoms with Gasteiger partial charge in [-0.1, -0.05) is 6.07 Å². The fourth-order valence-electron chi connectivity index (χ4n) is 3.19. The molecule has 2 aliphatic heterocycles. The Hall–Kier alpha value is -3.75. The normalized spacial score (nSPS) is 17.9. The van der Waals surface area contributed by atoms with Crippen molar-refractivity contribution in [2.75, 3.05) is 14.2 Å². The zero-order valence-corrected chi connectivity index (χ0v) is 16.3. The van der Waals surface area contributed by atoms with E-state index in [1.54, 1.807) is 24.3 Å². The topological polar surface area (TPSA) is 129 Å². The molecule has 30 heavy (non-hydrogen) atoms. The molecule has 0 saturated heterocycles. The standard InChI is InChI=1S/C11H10O5.C10H10O4/c1-15-11(14)9-4-7-8(16-9)3-2-6(5-12)10(7)13;1-13-10(12)9-5-6-7(11)3-2-4-8(6)14-9/h2-3,5,9,13H,4H2,1H3;2-4,9,11H,5H2,1H3. The number of methoxy groups -OCH3 is 2. The van der Waals surface area contributed by atoms with Crippen molar-refractivity contribution in [3.05, 3.63) is 47.0 Å². The van der Waals surface area contributed by atoms with E-state index < -0.39 is 24.1 Å². The molecule has 0 aliphatic carbocycles. The van der Waals surface area contributed by atoms with Crippen LogP contribution in [0.15, 0.2) is 30.3 Å². The summed E-state index contributed by atoms with van der Waals surface area (Å²) in [6.45, 7) is 0. The van der Waals surface area contributed by atoms with Gasteiger partial charge in [-0.2, -0.15) is 0 Å². The molecule has 4 rings (SSSR count). The van der Waals surface area contributed by atoms with E-state index in [-0.39, 0.29) is 23.5 Å². The summed E-state index contributed by atoms with van der Waals surface area (Å²) in [7, 11) is 2.58. The first-order valence-electron chi connectivity index (χ1n) is 8.99. The highest BCUT2D eigenvalue weighted by Gasteiger charge is 2.33. The van der Waals surface area contributed by atoms with Crippen molar-refractivity contribution in [2.24, 2.45) is 0 Å². The monoisotopic (exact) mass is 416 g/mol. The van der Waals surface area contributed by atoms with Crippen LogP contribution in [0.4, 0.5) is 0 Å². The number of carbonyl (C=O) groups is 3. The maximum Gasteiger partial charge on any atom is 0.347 e. The second-order valence-electron chi connectivity index (χ2n) is 6.52. The molecule has 2 aliphatic rings. The van der Waals surface area contributed by atoms with Gasteiger partial charge in [0.1, 0.15) is 23.0 Å². The SMILES string of the molecule is COC(=O)C1Cc2c(O)cccc2O1.COC(=O)C1Cc2c(ccc(C=O)c2O)O1. The molecule has 9 nitrogen and oxygen atoms in total. The summed E-state index contributed by atoms with van der Waals surface area (Å²) in [5.74, 6) is 0.0931. The van der Waals surface area contributed by atoms with Crippen molar-refractivity contribution in [2.45, 2.75) is 25.0 Å². The van der Waals surface area contributed by atoms with Crippen LogP contribution in [-0.4, -0.2) is 54.9 Å². The highest BCUT2D eigenvalue weighted by molar-refractivity contribution is 5.83. The van der Waals surface area contributed by atoms with E-state index in [0.29, 0.717) is 35.3 Å². The number of benzene rings is 2. The van der Waals surface area contributed by atoms with Crippen LogP contribution in [0, 0.1) is 0 Å². The molecule has 9 heteroatoms. The maximum atomic E-state index is 11.2. The number of esters is 2. The average Bonchev–Trinajstić information content (AvgIpc) is 3.39. The molecular formula is C21H20O9. The lowest BCUT2D eigenvalue weighted by Gasteiger charge is -2.06. The Morgan fingerprint density at radius 2 is 1.50 bits per heavy atom. The molecule has 2 aromatic rings. The molecule has 0 amide bonds. The summed E-state index contributed by atoms with van der Waals surface area (Å²) < 4.78 is 19.7. The number of hydrogen-bond donors (Lipinski definition) is 2. The van der Waals surface area contributed by atoms with Gasteiger partial charge in [0.15, 0.2) is 18.5 Å². The first-order valence-corrected chi connectivity index (χ1v) is 8.99. The van der Waals surface area contributed by atoms with Gasteiger partial charge in [-0.05, 0) is 24.3 Å². The number of phenolic OH excluding ortho intramolecular Hbond substituents is 2. The average molecular weight is 416 g/mol. The summed E-state index contributed by atoms with van der Waals surface area (Å²) in [5.41, 5.74) is 1.33. The molecule has 2 N–H and O–H groups in total. The van der Waals surface area contributed by atoms with Crippen molar-refractivity contribution in [1.29, 1.82) is 0 Å². The molecule has 0 fully saturated rings. The van der Waals surface area contributed by atoms with Crippen LogP contribution < -0.4 is 9.47 Å². The van der Waals surface area contributed by atoms with Crippen LogP contribution in [-0.2, 0) is 31.9 Å². The summed E-state index contributed by atoms with van der Waals surface area (Å²) >= 11 is 0. The second kappa shape index (κ2) is 8.73. The van der Waals surface area contributed by atoms with E-state index in [9.17, 15) is 24.6 Å². The zero-order valence-electron chi connectivity index (χ0n) is 16.3. The van der Waals surface area contributed by atoms with E-state index >= 15 is 0 Å². The molecule has 0 bridgehead atoms. The van der Waals surface area contributed by atoms with Gasteiger partial charge in [0.25, 0.3) is 0 Å². The third-order valence-corrected chi connectivity index (χ3v) is 4.75. The highest BCUT2D eigenvalue weighted by Crippen LogP contribution is 2.37. The minimum Gasteiger partial charge on any atom is -0.508 e. The molecule has 2 atom stereocenters. The molecule has 0 aromatic heterocycles. The van der Waals surface area contributed by atoms with Crippen molar-refractivity contribution >= 4 is 18.2 Å². The van der Waals surface area contributed by atoms with Gasteiger partial charge in [-0.15, -0.1) is 0 Å². The highest BCUT2D eigenvalue weighted by atomic mass is 16.6. The van der Waals surface area contributed by atoms with Gasteiger partial charge >= 0.3 is 11.9 Å². The first kappa shape index (κ1) is 21.0. The number of hydrogen-bond acceptors (Lipinski definition) is 9. The largest absolute Gasteiger partial charge is 0.508 e. The summed E-state index contributed by atoms with van der Waals surface area (Å²) in [4.78, 5) is 33.0. The zero-order chi connectivity index (χ0) is 21.8. The molecular weight excluding hydrogens is 396 g/mol. The van der Waals surface area contributed by atoms with Crippen molar-refractivity contribution in [3.8, 4) is 23.0 Å². The second-order valence-corrected chi connectivity index (χ2v) is 6.52. The number of fused-ring (bicyclic) bond motifs is 2. The molecule has 0 spiro atoms. The number of aldehydes is 1. The van der Waals surface area contributed by atoms with Crippen LogP contribution in [0.1, 0.15) is 21.5 Å². The number of rotatable bonds is 3. The predicted octanol–water partition coefficient (Wildman–Crippen LogP) is 1.55. The van der Waals surface area contributed by atoms with Gasteiger partial charge in [-0.25, -0.2) is 9.59 Å². The lowest BCUT2D eigenvalue weighted by molar-refractivity contribution is -0.148. The van der Waals surface area contributed by atoms with Crippen LogP contribution in [0.5, 0.6) is 23.0 Å². The quantitative estimate of drug-likeness (QED) is 0.565.